The molecular weight excluding hydrogens is 266 g/mol. The van der Waals surface area contributed by atoms with E-state index < -0.39 is 10.0 Å². The summed E-state index contributed by atoms with van der Waals surface area (Å²) in [6.07, 6.45) is 4.46. The Morgan fingerprint density at radius 3 is 3.05 bits per heavy atom. The van der Waals surface area contributed by atoms with Crippen LogP contribution in [0.4, 0.5) is 0 Å². The highest BCUT2D eigenvalue weighted by molar-refractivity contribution is 7.89. The smallest absolute Gasteiger partial charge is 0.245 e. The van der Waals surface area contributed by atoms with Crippen LogP contribution in [0, 0.1) is 0 Å². The van der Waals surface area contributed by atoms with Gasteiger partial charge in [-0.2, -0.15) is 4.31 Å². The van der Waals surface area contributed by atoms with E-state index in [-0.39, 0.29) is 12.1 Å². The van der Waals surface area contributed by atoms with Crippen LogP contribution in [-0.4, -0.2) is 43.0 Å². The maximum atomic E-state index is 12.7. The Kier molecular flexibility index (Phi) is 3.38. The molecule has 3 rings (SSSR count). The molecule has 1 aliphatic heterocycles. The van der Waals surface area contributed by atoms with Gasteiger partial charge in [0, 0.05) is 25.0 Å². The third kappa shape index (κ3) is 2.20. The SMILES string of the molecule is NCc1cc(S(=O)(=O)N2CCOC3CCCC32)c[nH]1. The number of aromatic nitrogens is 1. The molecule has 2 heterocycles. The molecular formula is C12H19N3O3S. The summed E-state index contributed by atoms with van der Waals surface area (Å²) < 4.78 is 32.6. The van der Waals surface area contributed by atoms with Crippen LogP contribution in [0.3, 0.4) is 0 Å². The Balaban J connectivity index is 1.90. The van der Waals surface area contributed by atoms with Gasteiger partial charge >= 0.3 is 0 Å². The van der Waals surface area contributed by atoms with E-state index in [1.165, 1.54) is 6.20 Å². The molecule has 1 aromatic heterocycles. The maximum Gasteiger partial charge on any atom is 0.245 e. The number of hydrogen-bond acceptors (Lipinski definition) is 4. The molecule has 0 radical (unpaired) electrons. The normalized spacial score (nSPS) is 28.5. The number of nitrogens with two attached hydrogens (primary N) is 1. The lowest BCUT2D eigenvalue weighted by Crippen LogP contribution is -2.51. The second kappa shape index (κ2) is 4.90. The lowest BCUT2D eigenvalue weighted by molar-refractivity contribution is -0.0241. The van der Waals surface area contributed by atoms with Crippen molar-refractivity contribution in [2.24, 2.45) is 5.73 Å². The Bertz CT molecular complexity index is 554. The predicted molar refractivity (Wildman–Crippen MR) is 70.0 cm³/mol. The summed E-state index contributed by atoms with van der Waals surface area (Å²) in [6, 6.07) is 1.62. The van der Waals surface area contributed by atoms with Gasteiger partial charge in [-0.15, -0.1) is 0 Å². The number of morpholine rings is 1. The molecule has 0 spiro atoms. The van der Waals surface area contributed by atoms with Crippen molar-refractivity contribution in [3.63, 3.8) is 0 Å². The van der Waals surface area contributed by atoms with Gasteiger partial charge in [0.2, 0.25) is 10.0 Å². The molecule has 1 saturated carbocycles. The van der Waals surface area contributed by atoms with Crippen molar-refractivity contribution in [2.45, 2.75) is 42.8 Å². The summed E-state index contributed by atoms with van der Waals surface area (Å²) in [6.45, 7) is 1.23. The van der Waals surface area contributed by atoms with Crippen LogP contribution in [0.1, 0.15) is 25.0 Å². The van der Waals surface area contributed by atoms with E-state index >= 15 is 0 Å². The van der Waals surface area contributed by atoms with E-state index in [1.807, 2.05) is 0 Å². The molecule has 1 aromatic rings. The summed E-state index contributed by atoms with van der Waals surface area (Å²) in [7, 11) is -3.44. The first-order chi connectivity index (χ1) is 9.13. The zero-order valence-electron chi connectivity index (χ0n) is 10.7. The molecule has 106 valence electrons. The molecule has 3 N–H and O–H groups in total. The van der Waals surface area contributed by atoms with Gasteiger partial charge in [-0.25, -0.2) is 8.42 Å². The fraction of sp³-hybridized carbons (Fsp3) is 0.667. The van der Waals surface area contributed by atoms with Gasteiger partial charge in [0.1, 0.15) is 0 Å². The Hall–Kier alpha value is -0.890. The van der Waals surface area contributed by atoms with Gasteiger partial charge in [0.25, 0.3) is 0 Å². The molecule has 0 bridgehead atoms. The minimum absolute atomic E-state index is 0.00465. The number of sulfonamides is 1. The lowest BCUT2D eigenvalue weighted by atomic mass is 10.2. The van der Waals surface area contributed by atoms with E-state index in [1.54, 1.807) is 10.4 Å². The largest absolute Gasteiger partial charge is 0.375 e. The van der Waals surface area contributed by atoms with Gasteiger partial charge in [0.05, 0.1) is 23.6 Å². The molecule has 7 heteroatoms. The van der Waals surface area contributed by atoms with E-state index in [0.717, 1.165) is 25.0 Å². The minimum atomic E-state index is -3.44. The fourth-order valence-corrected chi connectivity index (χ4v) is 4.69. The molecule has 19 heavy (non-hydrogen) atoms. The predicted octanol–water partition coefficient (Wildman–Crippen LogP) is 0.415. The first-order valence-corrected chi connectivity index (χ1v) is 8.08. The van der Waals surface area contributed by atoms with Crippen LogP contribution in [-0.2, 0) is 21.3 Å². The van der Waals surface area contributed by atoms with Gasteiger partial charge < -0.3 is 15.5 Å². The molecule has 2 fully saturated rings. The second-order valence-electron chi connectivity index (χ2n) is 5.09. The zero-order chi connectivity index (χ0) is 13.5. The number of fused-ring (bicyclic) bond motifs is 1. The molecule has 1 saturated heterocycles. The number of ether oxygens (including phenoxy) is 1. The van der Waals surface area contributed by atoms with Gasteiger partial charge in [-0.05, 0) is 25.3 Å². The Morgan fingerprint density at radius 1 is 1.47 bits per heavy atom. The highest BCUT2D eigenvalue weighted by Gasteiger charge is 2.42. The molecule has 1 aliphatic carbocycles. The van der Waals surface area contributed by atoms with Crippen molar-refractivity contribution in [1.82, 2.24) is 9.29 Å². The van der Waals surface area contributed by atoms with Crippen molar-refractivity contribution in [3.8, 4) is 0 Å². The quantitative estimate of drug-likeness (QED) is 0.842. The molecule has 0 aromatic carbocycles. The summed E-state index contributed by atoms with van der Waals surface area (Å²) >= 11 is 0. The summed E-state index contributed by atoms with van der Waals surface area (Å²) in [5.74, 6) is 0. The number of aromatic amines is 1. The average Bonchev–Trinajstić information content (AvgIpc) is 3.06. The summed E-state index contributed by atoms with van der Waals surface area (Å²) in [4.78, 5) is 3.20. The number of hydrogen-bond donors (Lipinski definition) is 2. The first-order valence-electron chi connectivity index (χ1n) is 6.64. The molecule has 2 atom stereocenters. The van der Waals surface area contributed by atoms with E-state index in [4.69, 9.17) is 10.5 Å². The molecule has 2 aliphatic rings. The summed E-state index contributed by atoms with van der Waals surface area (Å²) in [5.41, 5.74) is 6.24. The van der Waals surface area contributed by atoms with E-state index in [2.05, 4.69) is 4.98 Å². The van der Waals surface area contributed by atoms with Crippen molar-refractivity contribution >= 4 is 10.0 Å². The zero-order valence-corrected chi connectivity index (χ0v) is 11.5. The average molecular weight is 285 g/mol. The maximum absolute atomic E-state index is 12.7. The molecule has 6 nitrogen and oxygen atoms in total. The van der Waals surface area contributed by atoms with E-state index in [9.17, 15) is 8.42 Å². The monoisotopic (exact) mass is 285 g/mol. The third-order valence-electron chi connectivity index (χ3n) is 3.97. The van der Waals surface area contributed by atoms with Crippen LogP contribution >= 0.6 is 0 Å². The molecule has 2 unspecified atom stereocenters. The number of H-pyrrole nitrogens is 1. The van der Waals surface area contributed by atoms with Crippen molar-refractivity contribution in [2.75, 3.05) is 13.2 Å². The summed E-state index contributed by atoms with van der Waals surface area (Å²) in [5, 5.41) is 0. The third-order valence-corrected chi connectivity index (χ3v) is 5.88. The molecule has 0 amide bonds. The number of nitrogens with one attached hydrogen (secondary N) is 1. The van der Waals surface area contributed by atoms with Crippen LogP contribution in [0.25, 0.3) is 0 Å². The first kappa shape index (κ1) is 13.1. The van der Waals surface area contributed by atoms with Crippen LogP contribution in [0.2, 0.25) is 0 Å². The Morgan fingerprint density at radius 2 is 2.32 bits per heavy atom. The lowest BCUT2D eigenvalue weighted by Gasteiger charge is -2.36. The van der Waals surface area contributed by atoms with Crippen LogP contribution in [0.5, 0.6) is 0 Å². The van der Waals surface area contributed by atoms with Gasteiger partial charge in [0.15, 0.2) is 0 Å². The number of nitrogens with zero attached hydrogens (tertiary/aromatic N) is 1. The number of rotatable bonds is 3. The highest BCUT2D eigenvalue weighted by Crippen LogP contribution is 2.33. The van der Waals surface area contributed by atoms with Crippen molar-refractivity contribution < 1.29 is 13.2 Å². The van der Waals surface area contributed by atoms with Crippen LogP contribution in [0.15, 0.2) is 17.2 Å². The van der Waals surface area contributed by atoms with Gasteiger partial charge in [-0.1, -0.05) is 0 Å². The van der Waals surface area contributed by atoms with Crippen LogP contribution < -0.4 is 5.73 Å². The van der Waals surface area contributed by atoms with Crippen molar-refractivity contribution in [3.05, 3.63) is 18.0 Å². The highest BCUT2D eigenvalue weighted by atomic mass is 32.2. The minimum Gasteiger partial charge on any atom is -0.375 e. The second-order valence-corrected chi connectivity index (χ2v) is 6.98. The fourth-order valence-electron chi connectivity index (χ4n) is 3.01. The standard InChI is InChI=1S/C12H19N3O3S/c13-7-9-6-10(8-14-9)19(16,17)15-4-5-18-12-3-1-2-11(12)15/h6,8,11-12,14H,1-5,7,13H2. The van der Waals surface area contributed by atoms with Gasteiger partial charge in [-0.3, -0.25) is 0 Å². The van der Waals surface area contributed by atoms with E-state index in [0.29, 0.717) is 24.6 Å². The van der Waals surface area contributed by atoms with Crippen molar-refractivity contribution in [1.29, 1.82) is 0 Å². The Labute approximate surface area is 113 Å². The topological polar surface area (TPSA) is 88.4 Å².